The lowest BCUT2D eigenvalue weighted by Crippen LogP contribution is -2.17. The first-order valence-corrected chi connectivity index (χ1v) is 4.60. The first kappa shape index (κ1) is 12.2. The van der Waals surface area contributed by atoms with E-state index in [4.69, 9.17) is 10.8 Å². The Morgan fingerprint density at radius 3 is 2.62 bits per heavy atom. The average Bonchev–Trinajstić information content (AvgIpc) is 2.20. The Kier molecular flexibility index (Phi) is 3.63. The Balaban J connectivity index is 3.27. The number of hydrogen-bond donors (Lipinski definition) is 3. The molecule has 86 valence electrons. The van der Waals surface area contributed by atoms with Crippen molar-refractivity contribution in [2.75, 3.05) is 0 Å². The monoisotopic (exact) mass is 225 g/mol. The summed E-state index contributed by atoms with van der Waals surface area (Å²) in [6.07, 6.45) is 0.336. The minimum atomic E-state index is -1.28. The Morgan fingerprint density at radius 1 is 1.56 bits per heavy atom. The lowest BCUT2D eigenvalue weighted by molar-refractivity contribution is 0.0693. The summed E-state index contributed by atoms with van der Waals surface area (Å²) < 4.78 is 12.6. The van der Waals surface area contributed by atoms with Gasteiger partial charge in [0.15, 0.2) is 0 Å². The van der Waals surface area contributed by atoms with E-state index in [1.807, 2.05) is 0 Å². The summed E-state index contributed by atoms with van der Waals surface area (Å²) in [5.74, 6) is -1.64. The van der Waals surface area contributed by atoms with Crippen molar-refractivity contribution in [1.29, 1.82) is 0 Å². The quantitative estimate of drug-likeness (QED) is 0.731. The number of halogens is 1. The third-order valence-electron chi connectivity index (χ3n) is 2.17. The second-order valence-electron chi connectivity index (χ2n) is 3.39. The highest BCUT2D eigenvalue weighted by atomic mass is 19.1. The summed E-state index contributed by atoms with van der Waals surface area (Å²) in [5, 5.41) is 18.1. The molecule has 4 N–H and O–H groups in total. The first-order valence-electron chi connectivity index (χ1n) is 4.60. The largest absolute Gasteiger partial charge is 0.507 e. The number of benzene rings is 1. The topological polar surface area (TPSA) is 83.5 Å². The lowest BCUT2D eigenvalue weighted by atomic mass is 9.99. The van der Waals surface area contributed by atoms with Crippen molar-refractivity contribution in [3.63, 3.8) is 0 Å². The number of phenols is 1. The summed E-state index contributed by atoms with van der Waals surface area (Å²) >= 11 is 0. The molecule has 0 aliphatic carbocycles. The molecule has 0 heterocycles. The maximum Gasteiger partial charge on any atom is 0.339 e. The molecule has 0 aliphatic heterocycles. The van der Waals surface area contributed by atoms with E-state index in [0.717, 1.165) is 0 Å². The fourth-order valence-electron chi connectivity index (χ4n) is 1.31. The summed E-state index contributed by atoms with van der Waals surface area (Å²) in [5.41, 5.74) is 5.77. The van der Waals surface area contributed by atoms with Crippen LogP contribution in [0.2, 0.25) is 0 Å². The molecular weight excluding hydrogens is 213 g/mol. The van der Waals surface area contributed by atoms with Crippen molar-refractivity contribution in [1.82, 2.24) is 0 Å². The van der Waals surface area contributed by atoms with Gasteiger partial charge in [0, 0.05) is 11.6 Å². The molecule has 0 amide bonds. The smallest absolute Gasteiger partial charge is 0.339 e. The van der Waals surface area contributed by atoms with Gasteiger partial charge in [0.2, 0.25) is 0 Å². The second kappa shape index (κ2) is 4.76. The van der Waals surface area contributed by atoms with Crippen LogP contribution < -0.4 is 5.73 Å². The highest BCUT2D eigenvalue weighted by molar-refractivity contribution is 5.92. The SMILES string of the molecule is C[C@@H](N)C(=CF)c1ccc(O)c(C(=O)O)c1. The lowest BCUT2D eigenvalue weighted by Gasteiger charge is -2.11. The molecule has 0 fully saturated rings. The van der Waals surface area contributed by atoms with Crippen LogP contribution in [0, 0.1) is 0 Å². The van der Waals surface area contributed by atoms with E-state index in [0.29, 0.717) is 11.9 Å². The van der Waals surface area contributed by atoms with Crippen LogP contribution in [-0.2, 0) is 0 Å². The van der Waals surface area contributed by atoms with Gasteiger partial charge in [-0.15, -0.1) is 0 Å². The highest BCUT2D eigenvalue weighted by Crippen LogP contribution is 2.24. The fourth-order valence-corrected chi connectivity index (χ4v) is 1.31. The number of aromatic hydroxyl groups is 1. The van der Waals surface area contributed by atoms with Crippen LogP contribution in [0.5, 0.6) is 5.75 Å². The standard InChI is InChI=1S/C11H12FNO3/c1-6(13)9(5-12)7-2-3-10(14)8(4-7)11(15)16/h2-6,14H,13H2,1H3,(H,15,16)/t6-/m1/s1. The van der Waals surface area contributed by atoms with Crippen molar-refractivity contribution in [2.24, 2.45) is 5.73 Å². The van der Waals surface area contributed by atoms with Crippen LogP contribution in [0.4, 0.5) is 4.39 Å². The van der Waals surface area contributed by atoms with Crippen LogP contribution in [0.15, 0.2) is 24.5 Å². The molecule has 1 rings (SSSR count). The molecule has 5 heteroatoms. The molecular formula is C11H12FNO3. The van der Waals surface area contributed by atoms with Crippen molar-refractivity contribution in [3.05, 3.63) is 35.7 Å². The normalized spacial score (nSPS) is 13.6. The Bertz CT molecular complexity index is 441. The molecule has 0 unspecified atom stereocenters. The molecule has 0 saturated heterocycles. The third kappa shape index (κ3) is 2.38. The number of rotatable bonds is 3. The zero-order chi connectivity index (χ0) is 12.3. The molecule has 0 saturated carbocycles. The van der Waals surface area contributed by atoms with Gasteiger partial charge in [-0.2, -0.15) is 0 Å². The van der Waals surface area contributed by atoms with Crippen molar-refractivity contribution < 1.29 is 19.4 Å². The predicted octanol–water partition coefficient (Wildman–Crippen LogP) is 1.75. The molecule has 0 bridgehead atoms. The maximum absolute atomic E-state index is 12.6. The number of carboxylic acid groups (broad SMARTS) is 1. The van der Waals surface area contributed by atoms with Crippen molar-refractivity contribution >= 4 is 11.5 Å². The van der Waals surface area contributed by atoms with Crippen LogP contribution in [0.3, 0.4) is 0 Å². The molecule has 0 radical (unpaired) electrons. The predicted molar refractivity (Wildman–Crippen MR) is 57.8 cm³/mol. The Hall–Kier alpha value is -1.88. The molecule has 0 spiro atoms. The van der Waals surface area contributed by atoms with Gasteiger partial charge in [-0.1, -0.05) is 6.07 Å². The van der Waals surface area contributed by atoms with E-state index in [-0.39, 0.29) is 16.9 Å². The van der Waals surface area contributed by atoms with Gasteiger partial charge in [0.25, 0.3) is 0 Å². The second-order valence-corrected chi connectivity index (χ2v) is 3.39. The maximum atomic E-state index is 12.6. The highest BCUT2D eigenvalue weighted by Gasteiger charge is 2.14. The van der Waals surface area contributed by atoms with Gasteiger partial charge < -0.3 is 15.9 Å². The van der Waals surface area contributed by atoms with Gasteiger partial charge in [-0.25, -0.2) is 9.18 Å². The van der Waals surface area contributed by atoms with Gasteiger partial charge in [-0.05, 0) is 24.6 Å². The van der Waals surface area contributed by atoms with Crippen LogP contribution in [0.25, 0.3) is 5.57 Å². The van der Waals surface area contributed by atoms with E-state index in [2.05, 4.69) is 0 Å². The molecule has 4 nitrogen and oxygen atoms in total. The van der Waals surface area contributed by atoms with E-state index < -0.39 is 12.0 Å². The molecule has 0 aromatic heterocycles. The zero-order valence-electron chi connectivity index (χ0n) is 8.64. The van der Waals surface area contributed by atoms with Crippen molar-refractivity contribution in [3.8, 4) is 5.75 Å². The summed E-state index contributed by atoms with van der Waals surface area (Å²) in [7, 11) is 0. The zero-order valence-corrected chi connectivity index (χ0v) is 8.64. The Morgan fingerprint density at radius 2 is 2.19 bits per heavy atom. The number of carboxylic acids is 1. The minimum absolute atomic E-state index is 0.183. The van der Waals surface area contributed by atoms with Crippen LogP contribution >= 0.6 is 0 Å². The minimum Gasteiger partial charge on any atom is -0.507 e. The fraction of sp³-hybridized carbons (Fsp3) is 0.182. The van der Waals surface area contributed by atoms with Gasteiger partial charge in [-0.3, -0.25) is 0 Å². The van der Waals surface area contributed by atoms with E-state index >= 15 is 0 Å². The summed E-state index contributed by atoms with van der Waals surface area (Å²) in [6, 6.07) is 3.24. The van der Waals surface area contributed by atoms with Gasteiger partial charge in [0.1, 0.15) is 11.3 Å². The molecule has 1 aromatic rings. The number of carbonyl (C=O) groups is 1. The molecule has 16 heavy (non-hydrogen) atoms. The summed E-state index contributed by atoms with van der Waals surface area (Å²) in [6.45, 7) is 1.58. The molecule has 1 atom stereocenters. The van der Waals surface area contributed by atoms with Crippen LogP contribution in [0.1, 0.15) is 22.8 Å². The number of nitrogens with two attached hydrogens (primary N) is 1. The van der Waals surface area contributed by atoms with E-state index in [1.165, 1.54) is 18.2 Å². The van der Waals surface area contributed by atoms with Crippen LogP contribution in [-0.4, -0.2) is 22.2 Å². The average molecular weight is 225 g/mol. The number of hydrogen-bond acceptors (Lipinski definition) is 3. The number of aromatic carboxylic acids is 1. The first-order chi connectivity index (χ1) is 7.47. The Labute approximate surface area is 91.8 Å². The van der Waals surface area contributed by atoms with E-state index in [1.54, 1.807) is 6.92 Å². The molecule has 1 aromatic carbocycles. The summed E-state index contributed by atoms with van der Waals surface area (Å²) in [4.78, 5) is 10.8. The van der Waals surface area contributed by atoms with Gasteiger partial charge >= 0.3 is 5.97 Å². The molecule has 0 aliphatic rings. The van der Waals surface area contributed by atoms with Crippen molar-refractivity contribution in [2.45, 2.75) is 13.0 Å². The van der Waals surface area contributed by atoms with E-state index in [9.17, 15) is 14.3 Å². The van der Waals surface area contributed by atoms with Gasteiger partial charge in [0.05, 0.1) is 6.33 Å². The third-order valence-corrected chi connectivity index (χ3v) is 2.17.